The van der Waals surface area contributed by atoms with Gasteiger partial charge in [0.25, 0.3) is 0 Å². The van der Waals surface area contributed by atoms with Crippen molar-refractivity contribution in [3.8, 4) is 5.75 Å². The monoisotopic (exact) mass is 441 g/mol. The van der Waals surface area contributed by atoms with Gasteiger partial charge in [0.2, 0.25) is 0 Å². The van der Waals surface area contributed by atoms with E-state index in [1.165, 1.54) is 0 Å². The number of nitrogens with zero attached hydrogens (tertiary/aromatic N) is 1. The molecule has 1 heterocycles. The molecule has 6 heteroatoms. The zero-order valence-electron chi connectivity index (χ0n) is 18.8. The Morgan fingerprint density at radius 3 is 2.30 bits per heavy atom. The Labute approximate surface area is 190 Å². The van der Waals surface area contributed by atoms with Crippen LogP contribution in [0, 0.1) is 27.7 Å². The van der Waals surface area contributed by atoms with Gasteiger partial charge < -0.3 is 14.3 Å². The number of para-hydroxylation sites is 2. The molecule has 3 aromatic carbocycles. The summed E-state index contributed by atoms with van der Waals surface area (Å²) >= 11 is 0. The number of hydrogen-bond acceptors (Lipinski definition) is 6. The van der Waals surface area contributed by atoms with Crippen LogP contribution >= 0.6 is 0 Å². The van der Waals surface area contributed by atoms with Gasteiger partial charge >= 0.3 is 11.6 Å². The summed E-state index contributed by atoms with van der Waals surface area (Å²) in [6.07, 6.45) is 0. The number of aryl methyl sites for hydroxylation is 4. The highest BCUT2D eigenvalue weighted by molar-refractivity contribution is 6.23. The number of rotatable bonds is 4. The maximum Gasteiger partial charge on any atom is 0.363 e. The fourth-order valence-electron chi connectivity index (χ4n) is 3.82. The lowest BCUT2D eigenvalue weighted by atomic mass is 10.0. The molecule has 0 amide bonds. The van der Waals surface area contributed by atoms with E-state index in [0.717, 1.165) is 22.3 Å². The summed E-state index contributed by atoms with van der Waals surface area (Å²) in [4.78, 5) is 30.6. The van der Waals surface area contributed by atoms with Crippen molar-refractivity contribution in [2.75, 3.05) is 0 Å². The van der Waals surface area contributed by atoms with E-state index in [0.29, 0.717) is 16.8 Å². The molecule has 0 aliphatic carbocycles. The minimum absolute atomic E-state index is 0.277. The largest absolute Gasteiger partial charge is 0.506 e. The van der Waals surface area contributed by atoms with Gasteiger partial charge in [0.05, 0.1) is 0 Å². The predicted molar refractivity (Wildman–Crippen MR) is 127 cm³/mol. The molecule has 4 aromatic rings. The number of carbonyl (C=O) groups excluding carboxylic acids is 1. The van der Waals surface area contributed by atoms with Crippen LogP contribution in [0.4, 0.5) is 0 Å². The normalized spacial score (nSPS) is 11.9. The van der Waals surface area contributed by atoms with Gasteiger partial charge in [-0.1, -0.05) is 53.6 Å². The number of hydrogen-bond donors (Lipinski definition) is 1. The number of benzene rings is 3. The molecular weight excluding hydrogens is 418 g/mol. The topological polar surface area (TPSA) is 89.6 Å². The van der Waals surface area contributed by atoms with E-state index in [9.17, 15) is 14.7 Å². The van der Waals surface area contributed by atoms with Crippen molar-refractivity contribution in [2.24, 2.45) is 0 Å². The average Bonchev–Trinajstić information content (AvgIpc) is 2.76. The summed E-state index contributed by atoms with van der Waals surface area (Å²) in [5.41, 5.74) is 2.89. The van der Waals surface area contributed by atoms with Crippen LogP contribution < -0.4 is 10.4 Å². The molecular formula is C27H23NO5. The van der Waals surface area contributed by atoms with Gasteiger partial charge in [-0.05, 0) is 57.0 Å². The van der Waals surface area contributed by atoms with E-state index < -0.39 is 17.4 Å². The number of aliphatic hydroxyl groups excluding tert-OH is 1. The van der Waals surface area contributed by atoms with E-state index in [1.54, 1.807) is 42.5 Å². The zero-order chi connectivity index (χ0) is 23.7. The summed E-state index contributed by atoms with van der Waals surface area (Å²) < 4.78 is 11.1. The van der Waals surface area contributed by atoms with Gasteiger partial charge in [-0.2, -0.15) is 0 Å². The Morgan fingerprint density at radius 2 is 1.61 bits per heavy atom. The number of fused-ring (bicyclic) bond motifs is 1. The first-order valence-electron chi connectivity index (χ1n) is 10.4. The predicted octanol–water partition coefficient (Wildman–Crippen LogP) is 5.45. The van der Waals surface area contributed by atoms with Gasteiger partial charge in [0, 0.05) is 5.56 Å². The first kappa shape index (κ1) is 22.0. The third kappa shape index (κ3) is 4.41. The highest BCUT2D eigenvalue weighted by Crippen LogP contribution is 2.29. The summed E-state index contributed by atoms with van der Waals surface area (Å²) in [5, 5.41) is 11.1. The molecule has 0 saturated heterocycles. The summed E-state index contributed by atoms with van der Waals surface area (Å²) in [6, 6.07) is 17.4. The van der Waals surface area contributed by atoms with Crippen LogP contribution in [0.25, 0.3) is 22.4 Å². The Hall–Kier alpha value is -4.19. The Balaban J connectivity index is 1.93. The van der Waals surface area contributed by atoms with E-state index in [1.807, 2.05) is 45.9 Å². The van der Waals surface area contributed by atoms with Crippen molar-refractivity contribution in [2.45, 2.75) is 27.7 Å². The number of ether oxygens (including phenoxy) is 1. The average molecular weight is 441 g/mol. The van der Waals surface area contributed by atoms with Crippen molar-refractivity contribution in [3.05, 3.63) is 105 Å². The molecule has 0 aliphatic heterocycles. The molecule has 0 atom stereocenters. The number of carbonyl (C=O) groups is 1. The lowest BCUT2D eigenvalue weighted by Gasteiger charge is -2.14. The van der Waals surface area contributed by atoms with E-state index in [-0.39, 0.29) is 16.9 Å². The third-order valence-electron chi connectivity index (χ3n) is 5.26. The smallest absolute Gasteiger partial charge is 0.363 e. The second-order valence-corrected chi connectivity index (χ2v) is 8.03. The Kier molecular flexibility index (Phi) is 5.84. The minimum atomic E-state index is -0.904. The SMILES string of the molecule is Cc1cccc(/C(O)=C(\C(=O)Oc2c(C)cc(C)cc2C)c2nc3ccccc3oc2=O)c1. The first-order chi connectivity index (χ1) is 15.7. The highest BCUT2D eigenvalue weighted by Gasteiger charge is 2.27. The maximum absolute atomic E-state index is 13.4. The van der Waals surface area contributed by atoms with E-state index >= 15 is 0 Å². The second kappa shape index (κ2) is 8.74. The Morgan fingerprint density at radius 1 is 0.909 bits per heavy atom. The minimum Gasteiger partial charge on any atom is -0.506 e. The summed E-state index contributed by atoms with van der Waals surface area (Å²) in [6.45, 7) is 7.46. The van der Waals surface area contributed by atoms with Crippen molar-refractivity contribution in [1.82, 2.24) is 4.98 Å². The van der Waals surface area contributed by atoms with Crippen LogP contribution in [0.3, 0.4) is 0 Å². The van der Waals surface area contributed by atoms with Crippen LogP contribution in [-0.2, 0) is 4.79 Å². The zero-order valence-corrected chi connectivity index (χ0v) is 18.8. The van der Waals surface area contributed by atoms with Crippen LogP contribution in [0.5, 0.6) is 5.75 Å². The number of aromatic nitrogens is 1. The third-order valence-corrected chi connectivity index (χ3v) is 5.26. The van der Waals surface area contributed by atoms with Gasteiger partial charge in [0.1, 0.15) is 22.6 Å². The molecule has 0 bridgehead atoms. The molecule has 1 N–H and O–H groups in total. The molecule has 0 saturated carbocycles. The van der Waals surface area contributed by atoms with Crippen LogP contribution in [-0.4, -0.2) is 16.1 Å². The molecule has 0 unspecified atom stereocenters. The van der Waals surface area contributed by atoms with Gasteiger partial charge in [-0.25, -0.2) is 14.6 Å². The quantitative estimate of drug-likeness (QED) is 0.196. The van der Waals surface area contributed by atoms with Crippen LogP contribution in [0.1, 0.15) is 33.5 Å². The molecule has 0 spiro atoms. The number of esters is 1. The van der Waals surface area contributed by atoms with Crippen molar-refractivity contribution in [3.63, 3.8) is 0 Å². The maximum atomic E-state index is 13.4. The molecule has 6 nitrogen and oxygen atoms in total. The van der Waals surface area contributed by atoms with Crippen molar-refractivity contribution < 1.29 is 19.1 Å². The van der Waals surface area contributed by atoms with Crippen LogP contribution in [0.15, 0.2) is 69.9 Å². The van der Waals surface area contributed by atoms with Crippen molar-refractivity contribution >= 4 is 28.4 Å². The van der Waals surface area contributed by atoms with Gasteiger partial charge in [-0.3, -0.25) is 0 Å². The Bertz CT molecular complexity index is 1460. The van der Waals surface area contributed by atoms with E-state index in [4.69, 9.17) is 9.15 Å². The molecule has 1 aromatic heterocycles. The van der Waals surface area contributed by atoms with E-state index in [2.05, 4.69) is 4.98 Å². The van der Waals surface area contributed by atoms with Gasteiger partial charge in [-0.15, -0.1) is 0 Å². The van der Waals surface area contributed by atoms with Gasteiger partial charge in [0.15, 0.2) is 11.3 Å². The van der Waals surface area contributed by atoms with Crippen LogP contribution in [0.2, 0.25) is 0 Å². The fraction of sp³-hybridized carbons (Fsp3) is 0.148. The summed E-state index contributed by atoms with van der Waals surface area (Å²) in [7, 11) is 0. The van der Waals surface area contributed by atoms with Crippen molar-refractivity contribution in [1.29, 1.82) is 0 Å². The summed E-state index contributed by atoms with van der Waals surface area (Å²) in [5.74, 6) is -0.953. The first-order valence-corrected chi connectivity index (χ1v) is 10.4. The molecule has 0 aliphatic rings. The lowest BCUT2D eigenvalue weighted by Crippen LogP contribution is -2.20. The molecule has 33 heavy (non-hydrogen) atoms. The fourth-order valence-corrected chi connectivity index (χ4v) is 3.82. The highest BCUT2D eigenvalue weighted by atomic mass is 16.5. The standard InChI is InChI=1S/C27H23NO5/c1-15-8-7-9-19(14-15)24(29)22(23-27(31)32-21-11-6-5-10-20(21)28-23)26(30)33-25-17(3)12-16(2)13-18(25)4/h5-14,29H,1-4H3/b24-22+. The molecule has 4 rings (SSSR count). The lowest BCUT2D eigenvalue weighted by molar-refractivity contribution is -0.128. The molecule has 166 valence electrons. The molecule has 0 radical (unpaired) electrons. The second-order valence-electron chi connectivity index (χ2n) is 8.03. The number of aliphatic hydroxyl groups is 1. The molecule has 0 fully saturated rings.